The Balaban J connectivity index is 0.843. The lowest BCUT2D eigenvalue weighted by Crippen LogP contribution is -2.37. The zero-order valence-corrected chi connectivity index (χ0v) is 39.1. The van der Waals surface area contributed by atoms with Gasteiger partial charge in [0.2, 0.25) is 11.8 Å². The molecule has 5 aromatic rings. The molecule has 0 spiro atoms. The topological polar surface area (TPSA) is 135 Å². The fourth-order valence-corrected chi connectivity index (χ4v) is 12.0. The van der Waals surface area contributed by atoms with E-state index in [-0.39, 0.29) is 74.1 Å². The number of carbonyl (C=O) groups is 5. The minimum atomic E-state index is -0.271. The van der Waals surface area contributed by atoms with Gasteiger partial charge in [-0.1, -0.05) is 70.1 Å². The molecule has 0 aromatic heterocycles. The van der Waals surface area contributed by atoms with Crippen molar-refractivity contribution in [1.82, 2.24) is 4.90 Å². The van der Waals surface area contributed by atoms with Gasteiger partial charge in [-0.2, -0.15) is 0 Å². The maximum absolute atomic E-state index is 14.0. The van der Waals surface area contributed by atoms with Crippen molar-refractivity contribution in [2.24, 2.45) is 4.99 Å². The molecule has 0 bridgehead atoms. The van der Waals surface area contributed by atoms with Gasteiger partial charge in [-0.15, -0.1) is 0 Å². The van der Waals surface area contributed by atoms with Gasteiger partial charge in [-0.3, -0.25) is 38.8 Å². The van der Waals surface area contributed by atoms with Crippen LogP contribution in [0, 0.1) is 6.92 Å². The van der Waals surface area contributed by atoms with Crippen LogP contribution in [0.25, 0.3) is 0 Å². The highest BCUT2D eigenvalue weighted by molar-refractivity contribution is 8.76. The van der Waals surface area contributed by atoms with Gasteiger partial charge in [0, 0.05) is 72.5 Å². The molecule has 5 aliphatic heterocycles. The molecule has 0 saturated carbocycles. The van der Waals surface area contributed by atoms with E-state index in [4.69, 9.17) is 19.2 Å². The van der Waals surface area contributed by atoms with Crippen molar-refractivity contribution in [3.05, 3.63) is 141 Å². The van der Waals surface area contributed by atoms with Gasteiger partial charge in [0.15, 0.2) is 17.3 Å². The second-order valence-corrected chi connectivity index (χ2v) is 20.3. The molecule has 0 aliphatic carbocycles. The normalized spacial score (nSPS) is 17.9. The molecular weight excluding hydrogens is 885 g/mol. The first-order chi connectivity index (χ1) is 32.6. The standard InChI is InChI=1S/C53H50N4O8S2/c1-32-18-42-36(13-14-39-22-37-8-3-5-11-45(37)56(39)52(42)61)24-47(32)64-29-33-19-34(21-35(20-33)31-67-66-17-7-10-41(58)28-55-50(59)15-16-51(55)60)30-65-49-26-44-43(25-48(49)63-2)53(62)57-40(27-54-44)23-38-9-4-6-12-46(38)57/h3-6,8-9,11-12,18-21,24-27,39-40H,7,10,13-17,22-23,28-31H2,1-2H3/t39-,40+/m1/s1. The van der Waals surface area contributed by atoms with Crippen molar-refractivity contribution in [2.45, 2.75) is 89.3 Å². The number of methoxy groups -OCH3 is 1. The first-order valence-electron chi connectivity index (χ1n) is 22.8. The number of ketones is 1. The number of aliphatic imine (C=N–C) groups is 1. The van der Waals surface area contributed by atoms with E-state index in [1.807, 2.05) is 77.5 Å². The van der Waals surface area contributed by atoms with E-state index >= 15 is 0 Å². The second kappa shape index (κ2) is 19.1. The van der Waals surface area contributed by atoms with E-state index in [1.165, 1.54) is 5.56 Å². The third-order valence-electron chi connectivity index (χ3n) is 13.2. The Hall–Kier alpha value is -6.38. The number of benzene rings is 5. The molecule has 342 valence electrons. The summed E-state index contributed by atoms with van der Waals surface area (Å²) in [7, 11) is 4.92. The van der Waals surface area contributed by atoms with Crippen molar-refractivity contribution < 1.29 is 38.2 Å². The zero-order valence-electron chi connectivity index (χ0n) is 37.5. The molecule has 5 heterocycles. The number of likely N-dealkylation sites (tertiary alicyclic amines) is 1. The molecule has 1 fully saturated rings. The van der Waals surface area contributed by atoms with Crippen LogP contribution in [0.4, 0.5) is 17.1 Å². The molecule has 2 atom stereocenters. The fraction of sp³-hybridized carbons (Fsp3) is 0.321. The number of carbonyl (C=O) groups excluding carboxylic acids is 5. The number of hydrogen-bond donors (Lipinski definition) is 0. The lowest BCUT2D eigenvalue weighted by atomic mass is 9.98. The molecule has 67 heavy (non-hydrogen) atoms. The van der Waals surface area contributed by atoms with E-state index in [0.29, 0.717) is 47.8 Å². The average molecular weight is 935 g/mol. The van der Waals surface area contributed by atoms with Gasteiger partial charge in [0.25, 0.3) is 11.8 Å². The monoisotopic (exact) mass is 934 g/mol. The van der Waals surface area contributed by atoms with Crippen molar-refractivity contribution in [2.75, 3.05) is 29.2 Å². The Kier molecular flexibility index (Phi) is 12.7. The SMILES string of the molecule is COc1cc2c(cc1OCc1cc(COc3cc4c(cc3C)C(=O)N3c5ccccc5C[C@H]3CC4)cc(CSSCCCC(=O)CN3C(=O)CCC3=O)c1)N=C[C@@H]1Cc3ccccc3N1C2=O. The molecular formula is C53H50N4O8S2. The molecule has 10 rings (SSSR count). The Labute approximate surface area is 397 Å². The number of ether oxygens (including phenoxy) is 3. The van der Waals surface area contributed by atoms with Crippen LogP contribution in [0.2, 0.25) is 0 Å². The first-order valence-corrected chi connectivity index (χ1v) is 25.3. The van der Waals surface area contributed by atoms with Crippen LogP contribution in [0.5, 0.6) is 17.2 Å². The number of hydrogen-bond acceptors (Lipinski definition) is 11. The van der Waals surface area contributed by atoms with Gasteiger partial charge < -0.3 is 19.1 Å². The molecule has 0 N–H and O–H groups in total. The molecule has 5 aliphatic rings. The number of anilines is 2. The number of nitrogens with zero attached hydrogens (tertiary/aromatic N) is 4. The molecule has 0 unspecified atom stereocenters. The minimum absolute atomic E-state index is 0.0436. The van der Waals surface area contributed by atoms with Gasteiger partial charge in [0.1, 0.15) is 19.0 Å². The summed E-state index contributed by atoms with van der Waals surface area (Å²) < 4.78 is 18.9. The van der Waals surface area contributed by atoms with Crippen LogP contribution in [0.1, 0.15) is 91.8 Å². The third-order valence-corrected chi connectivity index (χ3v) is 15.6. The largest absolute Gasteiger partial charge is 0.493 e. The lowest BCUT2D eigenvalue weighted by molar-refractivity contribution is -0.141. The van der Waals surface area contributed by atoms with Crippen molar-refractivity contribution >= 4 is 74.3 Å². The predicted octanol–water partition coefficient (Wildman–Crippen LogP) is 9.35. The smallest absolute Gasteiger partial charge is 0.261 e. The van der Waals surface area contributed by atoms with Crippen molar-refractivity contribution in [3.8, 4) is 17.2 Å². The Morgan fingerprint density at radius 2 is 1.37 bits per heavy atom. The van der Waals surface area contributed by atoms with E-state index in [0.717, 1.165) is 86.0 Å². The van der Waals surface area contributed by atoms with E-state index in [1.54, 1.807) is 40.8 Å². The summed E-state index contributed by atoms with van der Waals surface area (Å²) in [5.41, 5.74) is 10.8. The van der Waals surface area contributed by atoms with Crippen LogP contribution >= 0.6 is 21.6 Å². The van der Waals surface area contributed by atoms with Crippen LogP contribution in [0.3, 0.4) is 0 Å². The minimum Gasteiger partial charge on any atom is -0.493 e. The van der Waals surface area contributed by atoms with Gasteiger partial charge in [0.05, 0.1) is 30.9 Å². The van der Waals surface area contributed by atoms with Crippen LogP contribution in [-0.4, -0.2) is 72.0 Å². The van der Waals surface area contributed by atoms with E-state index in [2.05, 4.69) is 24.3 Å². The molecule has 5 aromatic carbocycles. The van der Waals surface area contributed by atoms with Crippen molar-refractivity contribution in [1.29, 1.82) is 0 Å². The van der Waals surface area contributed by atoms with E-state index < -0.39 is 0 Å². The number of fused-ring (bicyclic) bond motifs is 8. The van der Waals surface area contributed by atoms with Gasteiger partial charge in [-0.25, -0.2) is 0 Å². The Morgan fingerprint density at radius 3 is 2.12 bits per heavy atom. The van der Waals surface area contributed by atoms with Crippen LogP contribution in [-0.2, 0) is 52.6 Å². The number of aryl methyl sites for hydroxylation is 2. The number of rotatable bonds is 16. The van der Waals surface area contributed by atoms with E-state index in [9.17, 15) is 24.0 Å². The number of Topliss-reactive ketones (excluding diaryl/α,β-unsaturated/α-hetero) is 1. The quantitative estimate of drug-likeness (QED) is 0.0535. The molecule has 12 nitrogen and oxygen atoms in total. The highest BCUT2D eigenvalue weighted by Gasteiger charge is 2.38. The fourth-order valence-electron chi connectivity index (χ4n) is 9.86. The first kappa shape index (κ1) is 44.5. The van der Waals surface area contributed by atoms with Gasteiger partial charge >= 0.3 is 0 Å². The maximum atomic E-state index is 14.0. The van der Waals surface area contributed by atoms with Crippen LogP contribution < -0.4 is 24.0 Å². The number of para-hydroxylation sites is 2. The maximum Gasteiger partial charge on any atom is 0.261 e. The second-order valence-electron chi connectivity index (χ2n) is 17.7. The summed E-state index contributed by atoms with van der Waals surface area (Å²) in [5.74, 6) is 2.31. The van der Waals surface area contributed by atoms with Crippen LogP contribution in [0.15, 0.2) is 96.0 Å². The highest BCUT2D eigenvalue weighted by Crippen LogP contribution is 2.42. The lowest BCUT2D eigenvalue weighted by Gasteiger charge is -2.23. The Bertz CT molecular complexity index is 2850. The molecule has 14 heteroatoms. The summed E-state index contributed by atoms with van der Waals surface area (Å²) in [6.45, 7) is 2.35. The third kappa shape index (κ3) is 9.08. The summed E-state index contributed by atoms with van der Waals surface area (Å²) >= 11 is 0. The number of amides is 4. The molecule has 0 radical (unpaired) electrons. The average Bonchev–Trinajstić information content (AvgIpc) is 3.95. The molecule has 4 amide bonds. The number of imide groups is 1. The predicted molar refractivity (Wildman–Crippen MR) is 261 cm³/mol. The summed E-state index contributed by atoms with van der Waals surface area (Å²) in [6.07, 6.45) is 6.37. The molecule has 1 saturated heterocycles. The Morgan fingerprint density at radius 1 is 0.701 bits per heavy atom. The van der Waals surface area contributed by atoms with Crippen molar-refractivity contribution in [3.63, 3.8) is 0 Å². The summed E-state index contributed by atoms with van der Waals surface area (Å²) in [5, 5.41) is 0. The van der Waals surface area contributed by atoms with Gasteiger partial charge in [-0.05, 0) is 108 Å². The zero-order chi connectivity index (χ0) is 46.2. The highest BCUT2D eigenvalue weighted by atomic mass is 33.1. The summed E-state index contributed by atoms with van der Waals surface area (Å²) in [4.78, 5) is 74.2. The summed E-state index contributed by atoms with van der Waals surface area (Å²) in [6, 6.07) is 29.9.